The van der Waals surface area contributed by atoms with Crippen LogP contribution in [-0.4, -0.2) is 67.2 Å². The summed E-state index contributed by atoms with van der Waals surface area (Å²) < 4.78 is 12.0. The smallest absolute Gasteiger partial charge is 0.334 e. The van der Waals surface area contributed by atoms with Crippen LogP contribution in [0.2, 0.25) is 0 Å². The summed E-state index contributed by atoms with van der Waals surface area (Å²) in [6.07, 6.45) is 1.50. The molecule has 4 aliphatic rings. The molecule has 1 fully saturated rings. The minimum atomic E-state index is -1.61. The Morgan fingerprint density at radius 1 is 0.911 bits per heavy atom. The Balaban J connectivity index is 1.39. The predicted molar refractivity (Wildman–Crippen MR) is 207 cm³/mol. The summed E-state index contributed by atoms with van der Waals surface area (Å²) in [7, 11) is 0. The van der Waals surface area contributed by atoms with Crippen molar-refractivity contribution in [1.82, 2.24) is 0 Å². The lowest BCUT2D eigenvalue weighted by molar-refractivity contribution is -0.170. The quantitative estimate of drug-likeness (QED) is 0.135. The Morgan fingerprint density at radius 2 is 1.68 bits per heavy atom. The van der Waals surface area contributed by atoms with E-state index in [1.165, 1.54) is 13.0 Å². The molecule has 8 bridgehead atoms. The molecule has 0 spiro atoms. The molecule has 3 aliphatic heterocycles. The number of hydrogen-bond donors (Lipinski definition) is 5. The van der Waals surface area contributed by atoms with Crippen molar-refractivity contribution in [2.24, 2.45) is 11.8 Å². The van der Waals surface area contributed by atoms with Crippen LogP contribution in [0.4, 0.5) is 0 Å². The highest BCUT2D eigenvalue weighted by Crippen LogP contribution is 2.43. The summed E-state index contributed by atoms with van der Waals surface area (Å²) in [5.41, 5.74) is 3.67. The molecule has 0 amide bonds. The molecular formula is C46H50O10. The van der Waals surface area contributed by atoms with Gasteiger partial charge < -0.3 is 35.0 Å². The number of Topliss-reactive ketones (excluding diaryl/α,β-unsaturated/α-hetero) is 1. The maximum Gasteiger partial charge on any atom is 0.334 e. The highest BCUT2D eigenvalue weighted by atomic mass is 16.6. The Hall–Kier alpha value is -4.79. The third-order valence-corrected chi connectivity index (χ3v) is 12.2. The lowest BCUT2D eigenvalue weighted by atomic mass is 9.68. The monoisotopic (exact) mass is 762 g/mol. The summed E-state index contributed by atoms with van der Waals surface area (Å²) in [5.74, 6) is 3.66. The van der Waals surface area contributed by atoms with Crippen LogP contribution in [0.15, 0.2) is 66.2 Å². The maximum absolute atomic E-state index is 14.6. The van der Waals surface area contributed by atoms with E-state index in [1.54, 1.807) is 25.1 Å². The number of carbonyl (C=O) groups excluding carboxylic acids is 3. The number of aromatic hydroxyl groups is 1. The molecule has 294 valence electrons. The van der Waals surface area contributed by atoms with Crippen LogP contribution in [0.1, 0.15) is 103 Å². The van der Waals surface area contributed by atoms with Crippen LogP contribution < -0.4 is 4.74 Å². The summed E-state index contributed by atoms with van der Waals surface area (Å²) >= 11 is 0. The van der Waals surface area contributed by atoms with Crippen molar-refractivity contribution in [3.63, 3.8) is 0 Å². The minimum absolute atomic E-state index is 0.0464. The molecule has 8 atom stereocenters. The second-order valence-electron chi connectivity index (χ2n) is 16.3. The van der Waals surface area contributed by atoms with Gasteiger partial charge >= 0.3 is 11.9 Å². The highest BCUT2D eigenvalue weighted by molar-refractivity contribution is 5.89. The number of esters is 2. The van der Waals surface area contributed by atoms with Crippen LogP contribution in [0.25, 0.3) is 0 Å². The number of ether oxygens (including phenoxy) is 2. The lowest BCUT2D eigenvalue weighted by Crippen LogP contribution is -2.52. The van der Waals surface area contributed by atoms with Gasteiger partial charge in [-0.25, -0.2) is 4.79 Å². The second kappa shape index (κ2) is 16.4. The molecule has 7 rings (SSSR count). The first-order valence-electron chi connectivity index (χ1n) is 19.7. The van der Waals surface area contributed by atoms with Crippen LogP contribution >= 0.6 is 0 Å². The number of aryl methyl sites for hydroxylation is 1. The van der Waals surface area contributed by atoms with Crippen LogP contribution in [-0.2, 0) is 51.4 Å². The van der Waals surface area contributed by atoms with Gasteiger partial charge in [0, 0.05) is 48.3 Å². The zero-order chi connectivity index (χ0) is 39.7. The largest absolute Gasteiger partial charge is 0.508 e. The van der Waals surface area contributed by atoms with Crippen molar-refractivity contribution in [3.8, 4) is 23.3 Å². The molecule has 3 aromatic carbocycles. The molecule has 10 nitrogen and oxygen atoms in total. The number of aliphatic hydroxyl groups is 4. The molecule has 1 aliphatic carbocycles. The molecule has 0 radical (unpaired) electrons. The number of fused-ring (bicyclic) bond motifs is 8. The fourth-order valence-corrected chi connectivity index (χ4v) is 8.75. The number of carbonyl (C=O) groups is 3. The van der Waals surface area contributed by atoms with Crippen molar-refractivity contribution < 1.29 is 49.4 Å². The molecule has 56 heavy (non-hydrogen) atoms. The number of aliphatic hydroxyl groups excluding tert-OH is 3. The van der Waals surface area contributed by atoms with Gasteiger partial charge in [0.05, 0.1) is 31.2 Å². The molecule has 3 heterocycles. The molecule has 5 N–H and O–H groups in total. The van der Waals surface area contributed by atoms with Crippen LogP contribution in [0, 0.1) is 23.7 Å². The van der Waals surface area contributed by atoms with Crippen molar-refractivity contribution >= 4 is 17.7 Å². The van der Waals surface area contributed by atoms with E-state index in [9.17, 15) is 39.9 Å². The van der Waals surface area contributed by atoms with Gasteiger partial charge in [-0.2, -0.15) is 0 Å². The number of hydrogen-bond acceptors (Lipinski definition) is 10. The first-order chi connectivity index (χ1) is 26.8. The number of benzene rings is 3. The fraction of sp³-hybridized carbons (Fsp3) is 0.457. The fourth-order valence-electron chi connectivity index (χ4n) is 8.75. The summed E-state index contributed by atoms with van der Waals surface area (Å²) in [6.45, 7) is 2.85. The van der Waals surface area contributed by atoms with Crippen molar-refractivity contribution in [1.29, 1.82) is 0 Å². The number of phenols is 1. The van der Waals surface area contributed by atoms with Gasteiger partial charge in [-0.15, -0.1) is 0 Å². The number of ketones is 1. The molecule has 0 aromatic heterocycles. The predicted octanol–water partition coefficient (Wildman–Crippen LogP) is 5.06. The summed E-state index contributed by atoms with van der Waals surface area (Å²) in [4.78, 5) is 40.8. The van der Waals surface area contributed by atoms with E-state index in [0.29, 0.717) is 65.5 Å². The first kappa shape index (κ1) is 39.4. The molecular weight excluding hydrogens is 712 g/mol. The third kappa shape index (κ3) is 8.62. The molecule has 3 aromatic rings. The van der Waals surface area contributed by atoms with E-state index in [4.69, 9.17) is 9.47 Å². The van der Waals surface area contributed by atoms with Gasteiger partial charge in [-0.3, -0.25) is 9.59 Å². The average Bonchev–Trinajstić information content (AvgIpc) is 3.16. The van der Waals surface area contributed by atoms with Crippen molar-refractivity contribution in [3.05, 3.63) is 105 Å². The lowest BCUT2D eigenvalue weighted by Gasteiger charge is -2.42. The molecule has 10 heteroatoms. The van der Waals surface area contributed by atoms with E-state index in [0.717, 1.165) is 11.1 Å². The van der Waals surface area contributed by atoms with E-state index < -0.39 is 53.6 Å². The molecule has 1 saturated carbocycles. The van der Waals surface area contributed by atoms with E-state index >= 15 is 0 Å². The maximum atomic E-state index is 14.6. The van der Waals surface area contributed by atoms with E-state index in [-0.39, 0.29) is 61.9 Å². The van der Waals surface area contributed by atoms with Crippen LogP contribution in [0.5, 0.6) is 11.5 Å². The topological polar surface area (TPSA) is 171 Å². The SMILES string of the molecule is CC(O)C(O)Cc1cc(CO)cc(C2C#CC3CC(=O)Oc4cc(O)c(cc43)CC3OC(=O)C(=CCCc4cccc(c4)CC4CC(CCC4=O)C3(C)O)C2)c1. The van der Waals surface area contributed by atoms with Crippen molar-refractivity contribution in [2.75, 3.05) is 0 Å². The van der Waals surface area contributed by atoms with E-state index in [1.807, 2.05) is 30.3 Å². The highest BCUT2D eigenvalue weighted by Gasteiger charge is 2.46. The second-order valence-corrected chi connectivity index (χ2v) is 16.3. The van der Waals surface area contributed by atoms with Gasteiger partial charge in [0.2, 0.25) is 0 Å². The zero-order valence-electron chi connectivity index (χ0n) is 31.9. The number of rotatable bonds is 5. The summed E-state index contributed by atoms with van der Waals surface area (Å²) in [6, 6.07) is 16.6. The van der Waals surface area contributed by atoms with Gasteiger partial charge in [0.15, 0.2) is 0 Å². The summed E-state index contributed by atoms with van der Waals surface area (Å²) in [5, 5.41) is 54.7. The van der Waals surface area contributed by atoms with Gasteiger partial charge in [-0.1, -0.05) is 60.4 Å². The number of phenolic OH excluding ortho intramolecular Hbond substituents is 1. The normalized spacial score (nSPS) is 27.6. The van der Waals surface area contributed by atoms with Gasteiger partial charge in [-0.05, 0) is 97.7 Å². The number of allylic oxidation sites excluding steroid dienone is 1. The van der Waals surface area contributed by atoms with Crippen LogP contribution in [0.3, 0.4) is 0 Å². The van der Waals surface area contributed by atoms with E-state index in [2.05, 4.69) is 17.9 Å². The molecule has 0 saturated heterocycles. The molecule has 8 unspecified atom stereocenters. The third-order valence-electron chi connectivity index (χ3n) is 12.2. The Kier molecular flexibility index (Phi) is 11.5. The Morgan fingerprint density at radius 3 is 2.46 bits per heavy atom. The van der Waals surface area contributed by atoms with Crippen molar-refractivity contribution in [2.45, 2.75) is 120 Å². The van der Waals surface area contributed by atoms with Gasteiger partial charge in [0.1, 0.15) is 29.0 Å². The average molecular weight is 763 g/mol. The zero-order valence-corrected chi connectivity index (χ0v) is 31.9. The Bertz CT molecular complexity index is 2100. The van der Waals surface area contributed by atoms with Gasteiger partial charge in [0.25, 0.3) is 0 Å². The minimum Gasteiger partial charge on any atom is -0.508 e. The first-order valence-corrected chi connectivity index (χ1v) is 19.7. The standard InChI is InChI=1S/C46H50O10/c1-26(48)40(50)18-29-14-30(25-47)17-34(16-29)31-9-10-32-23-44(52)55-42-24-41(51)36(21-38(32)42)22-43-46(2,54)37-11-12-39(49)35(20-37)15-28-7-3-5-27(13-28)6-4-8-33(19-31)45(53)56-43/h3,5,7-8,13-14,16-17,21,24,26,31-32,35,37,40,43,47-48,50-51,54H,4,6,11-12,15,18-20,22-23,25H2,1-2H3. The Labute approximate surface area is 327 Å².